The highest BCUT2D eigenvalue weighted by Crippen LogP contribution is 2.33. The van der Waals surface area contributed by atoms with Crippen LogP contribution in [0.3, 0.4) is 0 Å². The summed E-state index contributed by atoms with van der Waals surface area (Å²) in [5.41, 5.74) is 4.10. The molecule has 0 aliphatic heterocycles. The van der Waals surface area contributed by atoms with E-state index < -0.39 is 19.7 Å². The van der Waals surface area contributed by atoms with Gasteiger partial charge in [0.05, 0.1) is 30.7 Å². The Hall–Kier alpha value is -7.80. The zero-order valence-corrected chi connectivity index (χ0v) is 36.1. The van der Waals surface area contributed by atoms with Gasteiger partial charge in [-0.1, -0.05) is 54.6 Å². The van der Waals surface area contributed by atoms with Gasteiger partial charge in [-0.3, -0.25) is 4.79 Å². The largest absolute Gasteiger partial charge is 0.457 e. The molecule has 0 bridgehead atoms. The number of hydrogen-bond acceptors (Lipinski definition) is 9. The number of sulfone groups is 2. The van der Waals surface area contributed by atoms with E-state index in [1.807, 2.05) is 91.9 Å². The van der Waals surface area contributed by atoms with Gasteiger partial charge in [-0.05, 0) is 163 Å². The summed E-state index contributed by atoms with van der Waals surface area (Å²) < 4.78 is 72.5. The second-order valence-corrected chi connectivity index (χ2v) is 18.8. The molecule has 1 heterocycles. The first-order chi connectivity index (χ1) is 30.9. The maximum atomic E-state index is 13.5. The normalized spacial score (nSPS) is 11.6. The van der Waals surface area contributed by atoms with Crippen LogP contribution < -0.4 is 19.8 Å². The lowest BCUT2D eigenvalue weighted by Crippen LogP contribution is -2.20. The van der Waals surface area contributed by atoms with Gasteiger partial charge >= 0.3 is 0 Å². The summed E-state index contributed by atoms with van der Waals surface area (Å²) >= 11 is 0. The van der Waals surface area contributed by atoms with E-state index >= 15 is 0 Å². The second-order valence-electron chi connectivity index (χ2n) is 14.9. The molecule has 0 saturated carbocycles. The average Bonchev–Trinajstić information content (AvgIpc) is 3.32. The molecule has 12 heteroatoms. The number of nitrogens with zero attached hydrogens (tertiary/aromatic N) is 2. The van der Waals surface area contributed by atoms with Crippen LogP contribution >= 0.6 is 0 Å². The van der Waals surface area contributed by atoms with Crippen LogP contribution in [0.15, 0.2) is 219 Å². The minimum atomic E-state index is -3.83. The first kappa shape index (κ1) is 41.5. The molecule has 1 aromatic heterocycles. The molecule has 0 N–H and O–H groups in total. The summed E-state index contributed by atoms with van der Waals surface area (Å²) in [6.45, 7) is 1.85. The summed E-state index contributed by atoms with van der Waals surface area (Å²) in [4.78, 5) is 13.2. The monoisotopic (exact) mass is 882 g/mol. The molecule has 9 rings (SSSR count). The predicted octanol–water partition coefficient (Wildman–Crippen LogP) is 11.6. The summed E-state index contributed by atoms with van der Waals surface area (Å²) in [6, 6.07) is 55.4. The van der Waals surface area contributed by atoms with Gasteiger partial charge in [0.1, 0.15) is 34.5 Å². The van der Waals surface area contributed by atoms with Crippen LogP contribution in [0.5, 0.6) is 34.5 Å². The Labute approximate surface area is 370 Å². The minimum absolute atomic E-state index is 0.118. The Kier molecular flexibility index (Phi) is 11.1. The van der Waals surface area contributed by atoms with Crippen LogP contribution in [0.4, 0.5) is 0 Å². The zero-order valence-electron chi connectivity index (χ0n) is 34.5. The molecule has 0 radical (unpaired) electrons. The van der Waals surface area contributed by atoms with E-state index in [0.29, 0.717) is 45.6 Å². The molecule has 0 aliphatic carbocycles. The van der Waals surface area contributed by atoms with Crippen molar-refractivity contribution in [1.82, 2.24) is 9.78 Å². The van der Waals surface area contributed by atoms with Crippen LogP contribution in [0.1, 0.15) is 5.56 Å². The number of ether oxygens (including phenoxy) is 3. The molecular formula is C52H38N2O8S2. The summed E-state index contributed by atoms with van der Waals surface area (Å²) in [5.74, 6) is 3.18. The zero-order chi connectivity index (χ0) is 44.4. The lowest BCUT2D eigenvalue weighted by atomic mass is 10.1. The first-order valence-corrected chi connectivity index (χ1v) is 23.0. The molecule has 8 aromatic carbocycles. The maximum Gasteiger partial charge on any atom is 0.274 e. The first-order valence-electron chi connectivity index (χ1n) is 20.1. The highest BCUT2D eigenvalue weighted by atomic mass is 32.2. The number of fused-ring (bicyclic) bond motifs is 1. The Bertz CT molecular complexity index is 3430. The van der Waals surface area contributed by atoms with Crippen molar-refractivity contribution in [3.05, 3.63) is 210 Å². The fourth-order valence-electron chi connectivity index (χ4n) is 7.15. The van der Waals surface area contributed by atoms with Crippen molar-refractivity contribution in [3.8, 4) is 56.9 Å². The van der Waals surface area contributed by atoms with E-state index in [9.17, 15) is 21.6 Å². The van der Waals surface area contributed by atoms with E-state index in [-0.39, 0.29) is 25.1 Å². The summed E-state index contributed by atoms with van der Waals surface area (Å²) in [7, 11) is -5.84. The fourth-order valence-corrected chi connectivity index (χ4v) is 9.77. The minimum Gasteiger partial charge on any atom is -0.457 e. The number of hydrogen-bond donors (Lipinski definition) is 0. The Morgan fingerprint density at radius 3 is 1.17 bits per heavy atom. The Balaban J connectivity index is 0.793. The number of aromatic nitrogens is 2. The molecule has 10 nitrogen and oxygen atoms in total. The smallest absolute Gasteiger partial charge is 0.274 e. The summed E-state index contributed by atoms with van der Waals surface area (Å²) in [6.07, 6.45) is 0. The van der Waals surface area contributed by atoms with Gasteiger partial charge in [0, 0.05) is 18.0 Å². The van der Waals surface area contributed by atoms with Crippen LogP contribution in [0.25, 0.3) is 33.2 Å². The van der Waals surface area contributed by atoms with Gasteiger partial charge in [-0.2, -0.15) is 5.10 Å². The topological polar surface area (TPSA) is 131 Å². The van der Waals surface area contributed by atoms with E-state index in [1.54, 1.807) is 92.0 Å². The molecule has 0 unspecified atom stereocenters. The standard InChI is InChI=1S/C52H38N2O8S2/c1-35-6-5-7-48(34-35)64(58,59)47-32-26-44(27-33-47)61-40-18-12-37(13-19-40)36-10-16-39(17-11-36)60-42-22-28-45(29-23-42)63(56,57)46-30-24-43(25-31-46)62-41-20-14-38(15-21-41)51-49-8-3-4-9-50(49)52(55)54(2)53-51/h3-34H,1-2H3. The number of aryl methyl sites for hydroxylation is 2. The SMILES string of the molecule is Cc1cccc(S(=O)(=O)c2ccc(Oc3ccc(-c4ccc(Oc5ccc(S(=O)(=O)c6ccc(Oc7ccc(-c8nn(C)c(=O)c9ccccc89)cc7)cc6)cc5)cc4)cc3)cc2)c1. The molecule has 0 spiro atoms. The third-order valence-corrected chi connectivity index (χ3v) is 14.1. The van der Waals surface area contributed by atoms with Gasteiger partial charge in [0.25, 0.3) is 5.56 Å². The molecule has 316 valence electrons. The van der Waals surface area contributed by atoms with Gasteiger partial charge < -0.3 is 14.2 Å². The molecular weight excluding hydrogens is 845 g/mol. The molecule has 64 heavy (non-hydrogen) atoms. The molecule has 0 aliphatic rings. The van der Waals surface area contributed by atoms with E-state index in [2.05, 4.69) is 5.10 Å². The van der Waals surface area contributed by atoms with Crippen molar-refractivity contribution >= 4 is 30.4 Å². The fraction of sp³-hybridized carbons (Fsp3) is 0.0385. The third-order valence-electron chi connectivity index (χ3n) is 10.5. The van der Waals surface area contributed by atoms with Crippen molar-refractivity contribution < 1.29 is 31.0 Å². The van der Waals surface area contributed by atoms with Gasteiger partial charge in [-0.25, -0.2) is 21.5 Å². The Morgan fingerprint density at radius 2 is 0.766 bits per heavy atom. The Morgan fingerprint density at radius 1 is 0.406 bits per heavy atom. The molecule has 0 amide bonds. The van der Waals surface area contributed by atoms with E-state index in [1.165, 1.54) is 28.9 Å². The quantitative estimate of drug-likeness (QED) is 0.118. The van der Waals surface area contributed by atoms with Crippen molar-refractivity contribution in [3.63, 3.8) is 0 Å². The molecule has 0 saturated heterocycles. The van der Waals surface area contributed by atoms with Crippen LogP contribution in [-0.4, -0.2) is 26.6 Å². The van der Waals surface area contributed by atoms with Crippen molar-refractivity contribution in [2.75, 3.05) is 0 Å². The predicted molar refractivity (Wildman–Crippen MR) is 246 cm³/mol. The van der Waals surface area contributed by atoms with Gasteiger partial charge in [0.15, 0.2) is 0 Å². The third kappa shape index (κ3) is 8.65. The van der Waals surface area contributed by atoms with Gasteiger partial charge in [-0.15, -0.1) is 0 Å². The molecule has 0 fully saturated rings. The van der Waals surface area contributed by atoms with Crippen LogP contribution in [0, 0.1) is 6.92 Å². The highest BCUT2D eigenvalue weighted by Gasteiger charge is 2.20. The van der Waals surface area contributed by atoms with Crippen molar-refractivity contribution in [2.45, 2.75) is 26.5 Å². The molecule has 0 atom stereocenters. The van der Waals surface area contributed by atoms with Crippen LogP contribution in [0.2, 0.25) is 0 Å². The number of rotatable bonds is 12. The second kappa shape index (κ2) is 17.2. The molecule has 9 aromatic rings. The maximum absolute atomic E-state index is 13.5. The van der Waals surface area contributed by atoms with Crippen molar-refractivity contribution in [1.29, 1.82) is 0 Å². The van der Waals surface area contributed by atoms with Gasteiger partial charge in [0.2, 0.25) is 19.7 Å². The van der Waals surface area contributed by atoms with Crippen LogP contribution in [-0.2, 0) is 26.7 Å². The lowest BCUT2D eigenvalue weighted by Gasteiger charge is -2.11. The summed E-state index contributed by atoms with van der Waals surface area (Å²) in [5, 5.41) is 5.83. The highest BCUT2D eigenvalue weighted by molar-refractivity contribution is 7.91. The van der Waals surface area contributed by atoms with Crippen molar-refractivity contribution in [2.24, 2.45) is 7.05 Å². The van der Waals surface area contributed by atoms with E-state index in [0.717, 1.165) is 27.6 Å². The average molecular weight is 883 g/mol. The lowest BCUT2D eigenvalue weighted by molar-refractivity contribution is 0.481. The van der Waals surface area contributed by atoms with E-state index in [4.69, 9.17) is 14.2 Å². The number of benzene rings is 8.